The van der Waals surface area contributed by atoms with Crippen LogP contribution in [0.15, 0.2) is 24.3 Å². The van der Waals surface area contributed by atoms with E-state index < -0.39 is 12.0 Å². The molecule has 1 unspecified atom stereocenters. The van der Waals surface area contributed by atoms with Crippen LogP contribution in [0.5, 0.6) is 0 Å². The summed E-state index contributed by atoms with van der Waals surface area (Å²) >= 11 is 5.77. The molecule has 1 aromatic rings. The minimum absolute atomic E-state index is 0. The maximum absolute atomic E-state index is 11.2. The summed E-state index contributed by atoms with van der Waals surface area (Å²) in [5, 5.41) is 0.548. The topological polar surface area (TPSA) is 64.3 Å². The first-order chi connectivity index (χ1) is 6.69. The van der Waals surface area contributed by atoms with Crippen LogP contribution in [-0.2, 0) is 9.53 Å². The lowest BCUT2D eigenvalue weighted by atomic mass is 10.1. The molecule has 0 saturated carbocycles. The second kappa shape index (κ2) is 6.63. The fourth-order valence-corrected chi connectivity index (χ4v) is 1.30. The van der Waals surface area contributed by atoms with Crippen molar-refractivity contribution in [3.63, 3.8) is 0 Å². The Morgan fingerprint density at radius 3 is 2.73 bits per heavy atom. The molecular formula is C9H12Cl2N2O2. The van der Waals surface area contributed by atoms with Crippen molar-refractivity contribution in [2.45, 2.75) is 6.04 Å². The second-order valence-electron chi connectivity index (χ2n) is 2.68. The minimum atomic E-state index is -0.682. The van der Waals surface area contributed by atoms with Crippen molar-refractivity contribution in [1.82, 2.24) is 5.43 Å². The highest BCUT2D eigenvalue weighted by atomic mass is 35.5. The maximum Gasteiger partial charge on any atom is 0.328 e. The standard InChI is InChI=1S/C9H11ClN2O2.ClH/c1-14-9(13)8(12-11)6-3-2-4-7(10)5-6;/h2-5,8,12H,11H2,1H3;1H. The highest BCUT2D eigenvalue weighted by Crippen LogP contribution is 2.17. The highest BCUT2D eigenvalue weighted by molar-refractivity contribution is 6.30. The third-order valence-electron chi connectivity index (χ3n) is 1.79. The number of hydrogen-bond donors (Lipinski definition) is 2. The van der Waals surface area contributed by atoms with Gasteiger partial charge in [0.2, 0.25) is 0 Å². The quantitative estimate of drug-likeness (QED) is 0.484. The fourth-order valence-electron chi connectivity index (χ4n) is 1.10. The van der Waals surface area contributed by atoms with Crippen molar-refractivity contribution < 1.29 is 9.53 Å². The first-order valence-electron chi connectivity index (χ1n) is 3.98. The molecule has 0 aromatic heterocycles. The molecule has 1 aromatic carbocycles. The number of methoxy groups -OCH3 is 1. The van der Waals surface area contributed by atoms with E-state index in [1.807, 2.05) is 0 Å². The van der Waals surface area contributed by atoms with Gasteiger partial charge in [-0.1, -0.05) is 23.7 Å². The van der Waals surface area contributed by atoms with Gasteiger partial charge in [0.1, 0.15) is 6.04 Å². The molecule has 3 N–H and O–H groups in total. The summed E-state index contributed by atoms with van der Waals surface area (Å²) in [4.78, 5) is 11.2. The van der Waals surface area contributed by atoms with Crippen LogP contribution in [0.25, 0.3) is 0 Å². The summed E-state index contributed by atoms with van der Waals surface area (Å²) in [6.07, 6.45) is 0. The van der Waals surface area contributed by atoms with E-state index in [0.717, 1.165) is 0 Å². The van der Waals surface area contributed by atoms with E-state index in [1.165, 1.54) is 7.11 Å². The van der Waals surface area contributed by atoms with Gasteiger partial charge >= 0.3 is 5.97 Å². The van der Waals surface area contributed by atoms with Gasteiger partial charge in [-0.3, -0.25) is 5.84 Å². The van der Waals surface area contributed by atoms with Crippen LogP contribution >= 0.6 is 24.0 Å². The lowest BCUT2D eigenvalue weighted by molar-refractivity contribution is -0.143. The predicted molar refractivity (Wildman–Crippen MR) is 60.8 cm³/mol. The van der Waals surface area contributed by atoms with E-state index in [-0.39, 0.29) is 12.4 Å². The number of nitrogens with one attached hydrogen (secondary N) is 1. The molecule has 0 fully saturated rings. The number of carbonyl (C=O) groups excluding carboxylic acids is 1. The minimum Gasteiger partial charge on any atom is -0.468 e. The molecular weight excluding hydrogens is 239 g/mol. The number of carbonyl (C=O) groups is 1. The number of hydrogen-bond acceptors (Lipinski definition) is 4. The molecule has 15 heavy (non-hydrogen) atoms. The first kappa shape index (κ1) is 14.2. The van der Waals surface area contributed by atoms with Crippen LogP contribution in [0.4, 0.5) is 0 Å². The van der Waals surface area contributed by atoms with Gasteiger partial charge in [0.05, 0.1) is 7.11 Å². The van der Waals surface area contributed by atoms with E-state index in [4.69, 9.17) is 17.4 Å². The number of benzene rings is 1. The first-order valence-corrected chi connectivity index (χ1v) is 4.36. The zero-order valence-electron chi connectivity index (χ0n) is 8.07. The number of halogens is 2. The van der Waals surface area contributed by atoms with Gasteiger partial charge in [-0.05, 0) is 17.7 Å². The van der Waals surface area contributed by atoms with Gasteiger partial charge in [-0.15, -0.1) is 12.4 Å². The molecule has 1 rings (SSSR count). The average Bonchev–Trinajstić information content (AvgIpc) is 2.19. The second-order valence-corrected chi connectivity index (χ2v) is 3.11. The number of rotatable bonds is 3. The van der Waals surface area contributed by atoms with Crippen LogP contribution in [-0.4, -0.2) is 13.1 Å². The molecule has 84 valence electrons. The van der Waals surface area contributed by atoms with E-state index in [0.29, 0.717) is 10.6 Å². The van der Waals surface area contributed by atoms with Gasteiger partial charge in [-0.2, -0.15) is 0 Å². The third kappa shape index (κ3) is 3.68. The number of esters is 1. The van der Waals surface area contributed by atoms with Crippen LogP contribution in [0.1, 0.15) is 11.6 Å². The van der Waals surface area contributed by atoms with E-state index in [9.17, 15) is 4.79 Å². The zero-order chi connectivity index (χ0) is 10.6. The molecule has 6 heteroatoms. The normalized spacial score (nSPS) is 11.4. The van der Waals surface area contributed by atoms with Crippen molar-refractivity contribution >= 4 is 30.0 Å². The van der Waals surface area contributed by atoms with Crippen LogP contribution in [0, 0.1) is 0 Å². The van der Waals surface area contributed by atoms with Gasteiger partial charge < -0.3 is 4.74 Å². The molecule has 0 aliphatic rings. The Bertz CT molecular complexity index is 334. The third-order valence-corrected chi connectivity index (χ3v) is 2.02. The predicted octanol–water partition coefficient (Wildman–Crippen LogP) is 1.44. The molecule has 0 bridgehead atoms. The lowest BCUT2D eigenvalue weighted by Crippen LogP contribution is -2.34. The van der Waals surface area contributed by atoms with Crippen molar-refractivity contribution in [2.24, 2.45) is 5.84 Å². The van der Waals surface area contributed by atoms with Crippen molar-refractivity contribution in [3.05, 3.63) is 34.9 Å². The van der Waals surface area contributed by atoms with Crippen LogP contribution < -0.4 is 11.3 Å². The number of hydrazine groups is 1. The lowest BCUT2D eigenvalue weighted by Gasteiger charge is -2.13. The molecule has 4 nitrogen and oxygen atoms in total. The van der Waals surface area contributed by atoms with Crippen LogP contribution in [0.2, 0.25) is 5.02 Å². The van der Waals surface area contributed by atoms with Crippen molar-refractivity contribution in [1.29, 1.82) is 0 Å². The van der Waals surface area contributed by atoms with E-state index >= 15 is 0 Å². The largest absolute Gasteiger partial charge is 0.468 e. The van der Waals surface area contributed by atoms with Gasteiger partial charge in [0, 0.05) is 5.02 Å². The molecule has 0 aliphatic carbocycles. The van der Waals surface area contributed by atoms with Gasteiger partial charge in [-0.25, -0.2) is 10.2 Å². The van der Waals surface area contributed by atoms with Crippen LogP contribution in [0.3, 0.4) is 0 Å². The Morgan fingerprint density at radius 1 is 1.60 bits per heavy atom. The van der Waals surface area contributed by atoms with Gasteiger partial charge in [0.15, 0.2) is 0 Å². The Hall–Kier alpha value is -0.810. The van der Waals surface area contributed by atoms with E-state index in [1.54, 1.807) is 24.3 Å². The SMILES string of the molecule is COC(=O)C(NN)c1cccc(Cl)c1.Cl. The highest BCUT2D eigenvalue weighted by Gasteiger charge is 2.19. The van der Waals surface area contributed by atoms with Crippen molar-refractivity contribution in [2.75, 3.05) is 7.11 Å². The molecule has 0 heterocycles. The van der Waals surface area contributed by atoms with Crippen molar-refractivity contribution in [3.8, 4) is 0 Å². The fraction of sp³-hybridized carbons (Fsp3) is 0.222. The monoisotopic (exact) mass is 250 g/mol. The zero-order valence-corrected chi connectivity index (χ0v) is 9.64. The molecule has 1 atom stereocenters. The summed E-state index contributed by atoms with van der Waals surface area (Å²) in [7, 11) is 1.30. The Labute approximate surface area is 99.1 Å². The smallest absolute Gasteiger partial charge is 0.328 e. The molecule has 0 amide bonds. The Kier molecular flexibility index (Phi) is 6.27. The molecule has 0 spiro atoms. The molecule has 0 radical (unpaired) electrons. The average molecular weight is 251 g/mol. The molecule has 0 saturated heterocycles. The number of ether oxygens (including phenoxy) is 1. The van der Waals surface area contributed by atoms with E-state index in [2.05, 4.69) is 10.2 Å². The Balaban J connectivity index is 0.00000196. The summed E-state index contributed by atoms with van der Waals surface area (Å²) in [6, 6.07) is 6.18. The summed E-state index contributed by atoms with van der Waals surface area (Å²) in [6.45, 7) is 0. The summed E-state index contributed by atoms with van der Waals surface area (Å²) < 4.78 is 4.57. The molecule has 0 aliphatic heterocycles. The number of nitrogens with two attached hydrogens (primary N) is 1. The van der Waals surface area contributed by atoms with Gasteiger partial charge in [0.25, 0.3) is 0 Å². The summed E-state index contributed by atoms with van der Waals surface area (Å²) in [5.74, 6) is 4.79. The summed E-state index contributed by atoms with van der Waals surface area (Å²) in [5.41, 5.74) is 3.04. The maximum atomic E-state index is 11.2. The Morgan fingerprint density at radius 2 is 2.27 bits per heavy atom.